The average Bonchev–Trinajstić information content (AvgIpc) is 3.53. The summed E-state index contributed by atoms with van der Waals surface area (Å²) in [5.74, 6) is 1.40. The molecule has 0 saturated carbocycles. The molecule has 0 N–H and O–H groups in total. The molecule has 0 aliphatic rings. The van der Waals surface area contributed by atoms with Gasteiger partial charge in [-0.15, -0.1) is 0 Å². The standard InChI is InChI=1S/C25H19N3O3/c1-2-15-25(22-26-16-9-3-6-12-19(16)29-22,23-27-17-10-4-7-13-20(17)30-23)24-28-18-11-5-8-14-21(18)31-24/h3-14H,2,15H2,1H3. The van der Waals surface area contributed by atoms with E-state index in [1.54, 1.807) is 0 Å². The molecular weight excluding hydrogens is 390 g/mol. The minimum atomic E-state index is -0.994. The molecule has 0 unspecified atom stereocenters. The number of nitrogens with zero attached hydrogens (tertiary/aromatic N) is 3. The Morgan fingerprint density at radius 1 is 0.581 bits per heavy atom. The predicted octanol–water partition coefficient (Wildman–Crippen LogP) is 6.24. The Kier molecular flexibility index (Phi) is 3.93. The highest BCUT2D eigenvalue weighted by atomic mass is 16.4. The molecule has 0 aliphatic heterocycles. The maximum atomic E-state index is 6.28. The van der Waals surface area contributed by atoms with E-state index in [0.29, 0.717) is 40.8 Å². The van der Waals surface area contributed by atoms with E-state index in [0.717, 1.165) is 23.0 Å². The van der Waals surface area contributed by atoms with E-state index in [-0.39, 0.29) is 0 Å². The Bertz CT molecular complexity index is 1250. The van der Waals surface area contributed by atoms with Crippen LogP contribution in [-0.4, -0.2) is 15.0 Å². The van der Waals surface area contributed by atoms with Gasteiger partial charge in [0.1, 0.15) is 16.6 Å². The molecule has 6 rings (SSSR count). The molecule has 6 nitrogen and oxygen atoms in total. The van der Waals surface area contributed by atoms with Crippen LogP contribution in [0.2, 0.25) is 0 Å². The second-order valence-corrected chi connectivity index (χ2v) is 7.62. The molecule has 0 fully saturated rings. The van der Waals surface area contributed by atoms with Gasteiger partial charge in [0.15, 0.2) is 22.2 Å². The van der Waals surface area contributed by atoms with Gasteiger partial charge in [0, 0.05) is 0 Å². The number of aromatic nitrogens is 3. The first-order chi connectivity index (χ1) is 15.3. The number of benzene rings is 3. The maximum Gasteiger partial charge on any atom is 0.220 e. The first kappa shape index (κ1) is 17.9. The number of rotatable bonds is 5. The zero-order chi connectivity index (χ0) is 20.8. The van der Waals surface area contributed by atoms with Crippen LogP contribution >= 0.6 is 0 Å². The number of hydrogen-bond donors (Lipinski definition) is 0. The van der Waals surface area contributed by atoms with Gasteiger partial charge >= 0.3 is 0 Å². The van der Waals surface area contributed by atoms with Gasteiger partial charge < -0.3 is 13.3 Å². The zero-order valence-electron chi connectivity index (χ0n) is 16.9. The van der Waals surface area contributed by atoms with Crippen LogP contribution in [0.3, 0.4) is 0 Å². The normalized spacial score (nSPS) is 12.3. The molecule has 0 bridgehead atoms. The Balaban J connectivity index is 1.70. The van der Waals surface area contributed by atoms with Gasteiger partial charge in [-0.1, -0.05) is 49.7 Å². The van der Waals surface area contributed by atoms with Crippen LogP contribution in [-0.2, 0) is 5.41 Å². The monoisotopic (exact) mass is 409 g/mol. The van der Waals surface area contributed by atoms with Crippen molar-refractivity contribution in [3.63, 3.8) is 0 Å². The number of fused-ring (bicyclic) bond motifs is 3. The third-order valence-electron chi connectivity index (χ3n) is 5.60. The first-order valence-corrected chi connectivity index (χ1v) is 10.4. The lowest BCUT2D eigenvalue weighted by molar-refractivity contribution is 0.291. The SMILES string of the molecule is CCCC(c1nc2ccccc2o1)(c1nc2ccccc2o1)c1nc2ccccc2o1. The lowest BCUT2D eigenvalue weighted by Crippen LogP contribution is -2.30. The molecular formula is C25H19N3O3. The molecule has 3 aromatic heterocycles. The number of oxazole rings is 3. The number of hydrogen-bond acceptors (Lipinski definition) is 6. The highest BCUT2D eigenvalue weighted by Crippen LogP contribution is 2.44. The van der Waals surface area contributed by atoms with Crippen molar-refractivity contribution < 1.29 is 13.3 Å². The van der Waals surface area contributed by atoms with Gasteiger partial charge in [-0.2, -0.15) is 0 Å². The van der Waals surface area contributed by atoms with Crippen LogP contribution in [0.4, 0.5) is 0 Å². The summed E-state index contributed by atoms with van der Waals surface area (Å²) >= 11 is 0. The quantitative estimate of drug-likeness (QED) is 0.335. The van der Waals surface area contributed by atoms with Gasteiger partial charge in [0.05, 0.1) is 0 Å². The third-order valence-corrected chi connectivity index (χ3v) is 5.60. The highest BCUT2D eigenvalue weighted by molar-refractivity contribution is 5.75. The van der Waals surface area contributed by atoms with E-state index in [9.17, 15) is 0 Å². The van der Waals surface area contributed by atoms with Crippen molar-refractivity contribution in [2.45, 2.75) is 25.2 Å². The van der Waals surface area contributed by atoms with Crippen LogP contribution in [0.5, 0.6) is 0 Å². The summed E-state index contributed by atoms with van der Waals surface area (Å²) in [5, 5.41) is 0. The topological polar surface area (TPSA) is 78.1 Å². The second-order valence-electron chi connectivity index (χ2n) is 7.62. The van der Waals surface area contributed by atoms with Gasteiger partial charge in [0.2, 0.25) is 17.7 Å². The molecule has 0 radical (unpaired) electrons. The van der Waals surface area contributed by atoms with Crippen molar-refractivity contribution in [1.82, 2.24) is 15.0 Å². The molecule has 3 heterocycles. The summed E-state index contributed by atoms with van der Waals surface area (Å²) in [5.41, 5.74) is 3.41. The van der Waals surface area contributed by atoms with Crippen LogP contribution < -0.4 is 0 Å². The summed E-state index contributed by atoms with van der Waals surface area (Å²) in [7, 11) is 0. The average molecular weight is 409 g/mol. The van der Waals surface area contributed by atoms with Crippen LogP contribution in [0, 0.1) is 0 Å². The maximum absolute atomic E-state index is 6.28. The molecule has 3 aromatic carbocycles. The highest BCUT2D eigenvalue weighted by Gasteiger charge is 2.49. The second kappa shape index (κ2) is 6.80. The molecule has 31 heavy (non-hydrogen) atoms. The van der Waals surface area contributed by atoms with E-state index in [4.69, 9.17) is 28.2 Å². The van der Waals surface area contributed by atoms with Crippen LogP contribution in [0.25, 0.3) is 33.3 Å². The molecule has 0 spiro atoms. The predicted molar refractivity (Wildman–Crippen MR) is 117 cm³/mol. The largest absolute Gasteiger partial charge is 0.439 e. The Morgan fingerprint density at radius 2 is 0.935 bits per heavy atom. The van der Waals surface area contributed by atoms with Gasteiger partial charge in [-0.25, -0.2) is 15.0 Å². The van der Waals surface area contributed by atoms with Crippen molar-refractivity contribution in [2.75, 3.05) is 0 Å². The molecule has 0 amide bonds. The summed E-state index contributed by atoms with van der Waals surface area (Å²) < 4.78 is 18.8. The summed E-state index contributed by atoms with van der Waals surface area (Å²) in [4.78, 5) is 14.5. The summed E-state index contributed by atoms with van der Waals surface area (Å²) in [6.07, 6.45) is 1.43. The van der Waals surface area contributed by atoms with Crippen molar-refractivity contribution in [2.24, 2.45) is 0 Å². The smallest absolute Gasteiger partial charge is 0.220 e. The van der Waals surface area contributed by atoms with Crippen molar-refractivity contribution >= 4 is 33.3 Å². The fourth-order valence-corrected chi connectivity index (χ4v) is 4.13. The van der Waals surface area contributed by atoms with Gasteiger partial charge in [-0.05, 0) is 42.8 Å². The van der Waals surface area contributed by atoms with E-state index in [1.807, 2.05) is 72.8 Å². The molecule has 152 valence electrons. The van der Waals surface area contributed by atoms with Crippen molar-refractivity contribution in [3.05, 3.63) is 90.5 Å². The minimum absolute atomic E-state index is 0.466. The first-order valence-electron chi connectivity index (χ1n) is 10.4. The fraction of sp³-hybridized carbons (Fsp3) is 0.160. The molecule has 0 saturated heterocycles. The lowest BCUT2D eigenvalue weighted by atomic mass is 9.82. The van der Waals surface area contributed by atoms with Crippen LogP contribution in [0.15, 0.2) is 86.0 Å². The lowest BCUT2D eigenvalue weighted by Gasteiger charge is -2.23. The van der Waals surface area contributed by atoms with Crippen molar-refractivity contribution in [3.8, 4) is 0 Å². The third kappa shape index (κ3) is 2.68. The van der Waals surface area contributed by atoms with Crippen molar-refractivity contribution in [1.29, 1.82) is 0 Å². The molecule has 0 aliphatic carbocycles. The Morgan fingerprint density at radius 3 is 1.26 bits per heavy atom. The Labute approximate surface area is 177 Å². The summed E-state index contributed by atoms with van der Waals surface area (Å²) in [6.45, 7) is 2.10. The van der Waals surface area contributed by atoms with E-state index >= 15 is 0 Å². The number of para-hydroxylation sites is 6. The van der Waals surface area contributed by atoms with E-state index in [1.165, 1.54) is 0 Å². The summed E-state index contributed by atoms with van der Waals surface area (Å²) in [6, 6.07) is 23.1. The fourth-order valence-electron chi connectivity index (χ4n) is 4.13. The van der Waals surface area contributed by atoms with Gasteiger partial charge in [0.25, 0.3) is 0 Å². The zero-order valence-corrected chi connectivity index (χ0v) is 16.9. The van der Waals surface area contributed by atoms with E-state index < -0.39 is 5.41 Å². The van der Waals surface area contributed by atoms with Crippen LogP contribution in [0.1, 0.15) is 37.4 Å². The minimum Gasteiger partial charge on any atom is -0.439 e. The van der Waals surface area contributed by atoms with E-state index in [2.05, 4.69) is 6.92 Å². The Hall–Kier alpha value is -3.93. The molecule has 6 aromatic rings. The van der Waals surface area contributed by atoms with Gasteiger partial charge in [-0.3, -0.25) is 0 Å². The molecule has 0 atom stereocenters. The molecule has 6 heteroatoms.